The third-order valence-electron chi connectivity index (χ3n) is 4.98. The van der Waals surface area contributed by atoms with Crippen molar-refractivity contribution in [2.75, 3.05) is 6.54 Å². The van der Waals surface area contributed by atoms with Crippen LogP contribution in [0.25, 0.3) is 0 Å². The van der Waals surface area contributed by atoms with Crippen molar-refractivity contribution in [1.82, 2.24) is 5.32 Å². The lowest BCUT2D eigenvalue weighted by Gasteiger charge is -2.37. The van der Waals surface area contributed by atoms with Crippen molar-refractivity contribution in [3.05, 3.63) is 0 Å². The highest BCUT2D eigenvalue weighted by atomic mass is 16.3. The first kappa shape index (κ1) is 14.8. The van der Waals surface area contributed by atoms with Crippen LogP contribution < -0.4 is 11.1 Å². The van der Waals surface area contributed by atoms with Crippen molar-refractivity contribution >= 4 is 5.91 Å². The van der Waals surface area contributed by atoms with E-state index in [1.54, 1.807) is 0 Å². The van der Waals surface area contributed by atoms with Gasteiger partial charge in [-0.15, -0.1) is 0 Å². The second-order valence-corrected chi connectivity index (χ2v) is 6.66. The van der Waals surface area contributed by atoms with E-state index in [1.165, 1.54) is 0 Å². The number of hydrogen-bond donors (Lipinski definition) is 3. The Kier molecular flexibility index (Phi) is 4.85. The van der Waals surface area contributed by atoms with Crippen molar-refractivity contribution in [2.45, 2.75) is 69.9 Å². The Bertz CT molecular complexity index is 317. The van der Waals surface area contributed by atoms with Gasteiger partial charge in [0.25, 0.3) is 0 Å². The maximum Gasteiger partial charge on any atom is 0.224 e. The maximum absolute atomic E-state index is 12.3. The first-order chi connectivity index (χ1) is 9.00. The monoisotopic (exact) mass is 268 g/mol. The zero-order valence-corrected chi connectivity index (χ0v) is 12.0. The number of amides is 1. The third-order valence-corrected chi connectivity index (χ3v) is 4.98. The summed E-state index contributed by atoms with van der Waals surface area (Å²) in [4.78, 5) is 12.3. The summed E-state index contributed by atoms with van der Waals surface area (Å²) in [5.74, 6) is 0.245. The van der Waals surface area contributed by atoms with Crippen LogP contribution in [0.15, 0.2) is 0 Å². The maximum atomic E-state index is 12.3. The molecule has 4 heteroatoms. The lowest BCUT2D eigenvalue weighted by atomic mass is 9.74. The van der Waals surface area contributed by atoms with E-state index in [0.29, 0.717) is 6.54 Å². The molecule has 0 aromatic heterocycles. The summed E-state index contributed by atoms with van der Waals surface area (Å²) in [7, 11) is 0. The Morgan fingerprint density at radius 2 is 1.95 bits per heavy atom. The lowest BCUT2D eigenvalue weighted by molar-refractivity contribution is -0.128. The molecule has 4 atom stereocenters. The lowest BCUT2D eigenvalue weighted by Crippen LogP contribution is -2.53. The van der Waals surface area contributed by atoms with Crippen LogP contribution >= 0.6 is 0 Å². The van der Waals surface area contributed by atoms with Gasteiger partial charge in [-0.25, -0.2) is 0 Å². The Hall–Kier alpha value is -0.610. The van der Waals surface area contributed by atoms with Crippen molar-refractivity contribution in [1.29, 1.82) is 0 Å². The fourth-order valence-electron chi connectivity index (χ4n) is 3.57. The van der Waals surface area contributed by atoms with Gasteiger partial charge in [0.2, 0.25) is 5.91 Å². The van der Waals surface area contributed by atoms with Crippen LogP contribution in [0.4, 0.5) is 0 Å². The van der Waals surface area contributed by atoms with Crippen LogP contribution in [-0.2, 0) is 4.79 Å². The van der Waals surface area contributed by atoms with Crippen LogP contribution in [0.5, 0.6) is 0 Å². The van der Waals surface area contributed by atoms with Gasteiger partial charge in [-0.05, 0) is 32.6 Å². The predicted octanol–water partition coefficient (Wildman–Crippen LogP) is 1.56. The zero-order valence-electron chi connectivity index (χ0n) is 12.0. The number of nitrogens with one attached hydrogen (secondary N) is 1. The fraction of sp³-hybridized carbons (Fsp3) is 0.933. The molecular formula is C15H28N2O2. The van der Waals surface area contributed by atoms with Crippen LogP contribution in [0, 0.1) is 11.8 Å². The third kappa shape index (κ3) is 3.69. The summed E-state index contributed by atoms with van der Waals surface area (Å²) in [5.41, 5.74) is 5.88. The van der Waals surface area contributed by atoms with Crippen molar-refractivity contribution < 1.29 is 9.90 Å². The summed E-state index contributed by atoms with van der Waals surface area (Å²) in [6.07, 6.45) is 7.96. The average molecular weight is 268 g/mol. The Morgan fingerprint density at radius 1 is 1.26 bits per heavy atom. The van der Waals surface area contributed by atoms with Crippen molar-refractivity contribution in [3.63, 3.8) is 0 Å². The largest absolute Gasteiger partial charge is 0.393 e. The minimum atomic E-state index is -0.368. The molecule has 0 aromatic carbocycles. The Morgan fingerprint density at radius 3 is 2.63 bits per heavy atom. The molecule has 2 fully saturated rings. The molecule has 0 spiro atoms. The van der Waals surface area contributed by atoms with E-state index in [4.69, 9.17) is 5.73 Å². The van der Waals surface area contributed by atoms with Gasteiger partial charge in [-0.3, -0.25) is 4.79 Å². The first-order valence-corrected chi connectivity index (χ1v) is 7.75. The molecule has 0 aliphatic heterocycles. The highest BCUT2D eigenvalue weighted by molar-refractivity contribution is 5.80. The van der Waals surface area contributed by atoms with Gasteiger partial charge in [0.15, 0.2) is 0 Å². The SMILES string of the molecule is CC1(N)CCCCC1C(=O)NCC1CCCCC1O. The number of aliphatic hydroxyl groups excluding tert-OH is 1. The van der Waals surface area contributed by atoms with Gasteiger partial charge in [-0.1, -0.05) is 25.7 Å². The van der Waals surface area contributed by atoms with Crippen molar-refractivity contribution in [2.24, 2.45) is 17.6 Å². The highest BCUT2D eigenvalue weighted by Crippen LogP contribution is 2.32. The minimum Gasteiger partial charge on any atom is -0.393 e. The molecule has 4 N–H and O–H groups in total. The van der Waals surface area contributed by atoms with E-state index in [-0.39, 0.29) is 29.4 Å². The molecule has 0 saturated heterocycles. The van der Waals surface area contributed by atoms with E-state index >= 15 is 0 Å². The van der Waals surface area contributed by atoms with Gasteiger partial charge < -0.3 is 16.2 Å². The number of carbonyl (C=O) groups is 1. The summed E-state index contributed by atoms with van der Waals surface area (Å²) < 4.78 is 0. The molecule has 0 aromatic rings. The van der Waals surface area contributed by atoms with Crippen LogP contribution in [-0.4, -0.2) is 29.2 Å². The molecule has 2 saturated carbocycles. The van der Waals surface area contributed by atoms with E-state index in [1.807, 2.05) is 6.92 Å². The smallest absolute Gasteiger partial charge is 0.224 e. The number of rotatable bonds is 3. The molecule has 0 heterocycles. The second kappa shape index (κ2) is 6.23. The number of nitrogens with two attached hydrogens (primary N) is 1. The molecule has 1 amide bonds. The van der Waals surface area contributed by atoms with Gasteiger partial charge in [-0.2, -0.15) is 0 Å². The molecule has 2 aliphatic rings. The quantitative estimate of drug-likeness (QED) is 0.727. The number of hydrogen-bond acceptors (Lipinski definition) is 3. The van der Waals surface area contributed by atoms with E-state index < -0.39 is 0 Å². The summed E-state index contributed by atoms with van der Waals surface area (Å²) in [6.45, 7) is 2.60. The fourth-order valence-corrected chi connectivity index (χ4v) is 3.57. The van der Waals surface area contributed by atoms with Crippen LogP contribution in [0.3, 0.4) is 0 Å². The standard InChI is InChI=1S/C15H28N2O2/c1-15(16)9-5-4-7-12(15)14(19)17-10-11-6-2-3-8-13(11)18/h11-13,18H,2-10,16H2,1H3,(H,17,19). The first-order valence-electron chi connectivity index (χ1n) is 7.75. The average Bonchev–Trinajstić information content (AvgIpc) is 2.37. The van der Waals surface area contributed by atoms with E-state index in [2.05, 4.69) is 5.32 Å². The van der Waals surface area contributed by atoms with Crippen molar-refractivity contribution in [3.8, 4) is 0 Å². The summed E-state index contributed by atoms with van der Waals surface area (Å²) in [6, 6.07) is 0. The van der Waals surface area contributed by atoms with Gasteiger partial charge in [0.1, 0.15) is 0 Å². The second-order valence-electron chi connectivity index (χ2n) is 6.66. The normalized spacial score (nSPS) is 39.8. The van der Waals surface area contributed by atoms with E-state index in [0.717, 1.165) is 51.4 Å². The number of carbonyl (C=O) groups excluding carboxylic acids is 1. The molecule has 4 nitrogen and oxygen atoms in total. The molecule has 2 rings (SSSR count). The molecule has 0 bridgehead atoms. The van der Waals surface area contributed by atoms with Gasteiger partial charge in [0.05, 0.1) is 12.0 Å². The van der Waals surface area contributed by atoms with E-state index in [9.17, 15) is 9.90 Å². The summed E-state index contributed by atoms with van der Waals surface area (Å²) >= 11 is 0. The van der Waals surface area contributed by atoms with Crippen LogP contribution in [0.1, 0.15) is 58.3 Å². The summed E-state index contributed by atoms with van der Waals surface area (Å²) in [5, 5.41) is 12.9. The molecular weight excluding hydrogens is 240 g/mol. The van der Waals surface area contributed by atoms with Crippen LogP contribution in [0.2, 0.25) is 0 Å². The molecule has 19 heavy (non-hydrogen) atoms. The predicted molar refractivity (Wildman–Crippen MR) is 75.5 cm³/mol. The minimum absolute atomic E-state index is 0.0676. The van der Waals surface area contributed by atoms with Gasteiger partial charge >= 0.3 is 0 Å². The molecule has 0 radical (unpaired) electrons. The number of aliphatic hydroxyl groups is 1. The molecule has 4 unspecified atom stereocenters. The Labute approximate surface area is 116 Å². The zero-order chi connectivity index (χ0) is 13.9. The molecule has 110 valence electrons. The van der Waals surface area contributed by atoms with Gasteiger partial charge in [0, 0.05) is 18.0 Å². The molecule has 2 aliphatic carbocycles. The highest BCUT2D eigenvalue weighted by Gasteiger charge is 2.38. The Balaban J connectivity index is 1.83. The topological polar surface area (TPSA) is 75.4 Å².